The smallest absolute Gasteiger partial charge is 0.257 e. The maximum atomic E-state index is 11.6. The lowest BCUT2D eigenvalue weighted by molar-refractivity contribution is -0.123. The number of benzene rings is 1. The van der Waals surface area contributed by atoms with Gasteiger partial charge in [-0.05, 0) is 36.6 Å². The van der Waals surface area contributed by atoms with E-state index in [1.165, 1.54) is 0 Å². The molecule has 0 heterocycles. The zero-order valence-corrected chi connectivity index (χ0v) is 13.8. The van der Waals surface area contributed by atoms with Crippen molar-refractivity contribution in [1.29, 1.82) is 0 Å². The highest BCUT2D eigenvalue weighted by Crippen LogP contribution is 2.25. The van der Waals surface area contributed by atoms with E-state index in [9.17, 15) is 4.79 Å². The monoisotopic (exact) mass is 312 g/mol. The number of halogens is 1. The highest BCUT2D eigenvalue weighted by molar-refractivity contribution is 6.32. The van der Waals surface area contributed by atoms with Gasteiger partial charge >= 0.3 is 0 Å². The summed E-state index contributed by atoms with van der Waals surface area (Å²) in [5, 5.41) is 6.58. The zero-order valence-electron chi connectivity index (χ0n) is 13.0. The number of amides is 1. The first-order valence-electron chi connectivity index (χ1n) is 7.41. The Bertz CT molecular complexity index is 450. The molecule has 4 nitrogen and oxygen atoms in total. The molecule has 1 aromatic rings. The van der Waals surface area contributed by atoms with Crippen LogP contribution >= 0.6 is 11.6 Å². The van der Waals surface area contributed by atoms with Crippen molar-refractivity contribution in [2.45, 2.75) is 33.7 Å². The van der Waals surface area contributed by atoms with Gasteiger partial charge in [0.15, 0.2) is 6.61 Å². The summed E-state index contributed by atoms with van der Waals surface area (Å²) in [5.74, 6) is 0.990. The van der Waals surface area contributed by atoms with Crippen LogP contribution in [0.25, 0.3) is 0 Å². The van der Waals surface area contributed by atoms with Crippen molar-refractivity contribution < 1.29 is 9.53 Å². The van der Waals surface area contributed by atoms with Gasteiger partial charge in [0.25, 0.3) is 5.91 Å². The second kappa shape index (κ2) is 9.64. The predicted octanol–water partition coefficient (Wildman–Crippen LogP) is 2.99. The summed E-state index contributed by atoms with van der Waals surface area (Å²) < 4.78 is 5.45. The molecule has 0 atom stereocenters. The summed E-state index contributed by atoms with van der Waals surface area (Å²) in [6, 6.07) is 5.60. The molecule has 0 radical (unpaired) electrons. The molecule has 0 unspecified atom stereocenters. The van der Waals surface area contributed by atoms with E-state index >= 15 is 0 Å². The van der Waals surface area contributed by atoms with Crippen LogP contribution < -0.4 is 15.4 Å². The molecule has 0 spiro atoms. The van der Waals surface area contributed by atoms with Crippen molar-refractivity contribution in [3.63, 3.8) is 0 Å². The standard InChI is InChI=1S/C16H25ClN2O2/c1-4-18-10-13-5-6-15(14(17)9-13)21-11-16(20)19-8-7-12(2)3/h5-6,9,12,18H,4,7-8,10-11H2,1-3H3,(H,19,20). The Morgan fingerprint density at radius 3 is 2.76 bits per heavy atom. The molecule has 118 valence electrons. The first-order chi connectivity index (χ1) is 10.0. The van der Waals surface area contributed by atoms with Crippen LogP contribution in [0, 0.1) is 5.92 Å². The molecule has 1 aromatic carbocycles. The average molecular weight is 313 g/mol. The van der Waals surface area contributed by atoms with Crippen molar-refractivity contribution >= 4 is 17.5 Å². The molecule has 0 saturated carbocycles. The number of carbonyl (C=O) groups is 1. The molecule has 0 saturated heterocycles. The van der Waals surface area contributed by atoms with Gasteiger partial charge in [-0.15, -0.1) is 0 Å². The lowest BCUT2D eigenvalue weighted by Crippen LogP contribution is -2.30. The Kier molecular flexibility index (Phi) is 8.16. The normalized spacial score (nSPS) is 10.7. The largest absolute Gasteiger partial charge is 0.482 e. The lowest BCUT2D eigenvalue weighted by Gasteiger charge is -2.11. The molecule has 21 heavy (non-hydrogen) atoms. The van der Waals surface area contributed by atoms with Gasteiger partial charge in [-0.3, -0.25) is 4.79 Å². The van der Waals surface area contributed by atoms with Crippen molar-refractivity contribution in [1.82, 2.24) is 10.6 Å². The highest BCUT2D eigenvalue weighted by Gasteiger charge is 2.07. The van der Waals surface area contributed by atoms with Gasteiger partial charge in [0.1, 0.15) is 5.75 Å². The summed E-state index contributed by atoms with van der Waals surface area (Å²) in [7, 11) is 0. The number of hydrogen-bond donors (Lipinski definition) is 2. The molecule has 1 rings (SSSR count). The minimum Gasteiger partial charge on any atom is -0.482 e. The van der Waals surface area contributed by atoms with Gasteiger partial charge < -0.3 is 15.4 Å². The zero-order chi connectivity index (χ0) is 15.7. The van der Waals surface area contributed by atoms with Gasteiger partial charge in [0.05, 0.1) is 5.02 Å². The third kappa shape index (κ3) is 7.34. The summed E-state index contributed by atoms with van der Waals surface area (Å²) >= 11 is 6.15. The summed E-state index contributed by atoms with van der Waals surface area (Å²) in [6.07, 6.45) is 0.964. The van der Waals surface area contributed by atoms with Crippen LogP contribution in [0.1, 0.15) is 32.8 Å². The lowest BCUT2D eigenvalue weighted by atomic mass is 10.1. The van der Waals surface area contributed by atoms with Gasteiger partial charge in [-0.1, -0.05) is 38.4 Å². The van der Waals surface area contributed by atoms with Gasteiger partial charge in [0, 0.05) is 13.1 Å². The minimum absolute atomic E-state index is 0.00955. The Labute approximate surface area is 132 Å². The maximum Gasteiger partial charge on any atom is 0.257 e. The van der Waals surface area contributed by atoms with Gasteiger partial charge in [-0.25, -0.2) is 0 Å². The molecule has 2 N–H and O–H groups in total. The first-order valence-corrected chi connectivity index (χ1v) is 7.79. The molecule has 0 bridgehead atoms. The predicted molar refractivity (Wildman–Crippen MR) is 86.8 cm³/mol. The average Bonchev–Trinajstić information content (AvgIpc) is 2.43. The molecule has 5 heteroatoms. The van der Waals surface area contributed by atoms with Crippen molar-refractivity contribution in [2.75, 3.05) is 19.7 Å². The van der Waals surface area contributed by atoms with E-state index < -0.39 is 0 Å². The number of ether oxygens (including phenoxy) is 1. The van der Waals surface area contributed by atoms with E-state index in [2.05, 4.69) is 31.4 Å². The van der Waals surface area contributed by atoms with E-state index in [1.807, 2.05) is 12.1 Å². The fraction of sp³-hybridized carbons (Fsp3) is 0.562. The third-order valence-electron chi connectivity index (χ3n) is 2.98. The number of carbonyl (C=O) groups excluding carboxylic acids is 1. The number of rotatable bonds is 9. The molecular weight excluding hydrogens is 288 g/mol. The van der Waals surface area contributed by atoms with E-state index in [1.54, 1.807) is 6.07 Å². The molecule has 0 aliphatic rings. The van der Waals surface area contributed by atoms with Crippen LogP contribution in [0.4, 0.5) is 0 Å². The van der Waals surface area contributed by atoms with Crippen molar-refractivity contribution in [3.8, 4) is 5.75 Å². The fourth-order valence-corrected chi connectivity index (χ4v) is 1.99. The first kappa shape index (κ1) is 17.8. The maximum absolute atomic E-state index is 11.6. The van der Waals surface area contributed by atoms with E-state index in [4.69, 9.17) is 16.3 Å². The van der Waals surface area contributed by atoms with E-state index in [0.717, 1.165) is 25.1 Å². The van der Waals surface area contributed by atoms with Crippen LogP contribution in [-0.2, 0) is 11.3 Å². The topological polar surface area (TPSA) is 50.4 Å². The Morgan fingerprint density at radius 2 is 2.14 bits per heavy atom. The number of nitrogens with one attached hydrogen (secondary N) is 2. The Balaban J connectivity index is 2.39. The molecule has 0 aromatic heterocycles. The van der Waals surface area contributed by atoms with Gasteiger partial charge in [0.2, 0.25) is 0 Å². The van der Waals surface area contributed by atoms with E-state index in [-0.39, 0.29) is 12.5 Å². The summed E-state index contributed by atoms with van der Waals surface area (Å²) in [6.45, 7) is 8.64. The molecule has 0 aliphatic carbocycles. The molecule has 0 fully saturated rings. The fourth-order valence-electron chi connectivity index (χ4n) is 1.74. The Morgan fingerprint density at radius 1 is 1.38 bits per heavy atom. The molecular formula is C16H25ClN2O2. The SMILES string of the molecule is CCNCc1ccc(OCC(=O)NCCC(C)C)c(Cl)c1. The van der Waals surface area contributed by atoms with Crippen LogP contribution in [0.3, 0.4) is 0 Å². The second-order valence-corrected chi connectivity index (χ2v) is 5.77. The quantitative estimate of drug-likeness (QED) is 0.737. The summed E-state index contributed by atoms with van der Waals surface area (Å²) in [4.78, 5) is 11.6. The summed E-state index contributed by atoms with van der Waals surface area (Å²) in [5.41, 5.74) is 1.09. The van der Waals surface area contributed by atoms with Crippen LogP contribution in [0.5, 0.6) is 5.75 Å². The molecule has 0 aliphatic heterocycles. The van der Waals surface area contributed by atoms with Crippen molar-refractivity contribution in [3.05, 3.63) is 28.8 Å². The molecule has 1 amide bonds. The van der Waals surface area contributed by atoms with Crippen LogP contribution in [0.15, 0.2) is 18.2 Å². The Hall–Kier alpha value is -1.26. The second-order valence-electron chi connectivity index (χ2n) is 5.37. The van der Waals surface area contributed by atoms with Crippen LogP contribution in [-0.4, -0.2) is 25.6 Å². The van der Waals surface area contributed by atoms with Crippen molar-refractivity contribution in [2.24, 2.45) is 5.92 Å². The number of hydrogen-bond acceptors (Lipinski definition) is 3. The van der Waals surface area contributed by atoms with E-state index in [0.29, 0.717) is 23.2 Å². The highest BCUT2D eigenvalue weighted by atomic mass is 35.5. The third-order valence-corrected chi connectivity index (χ3v) is 3.27. The van der Waals surface area contributed by atoms with Crippen LogP contribution in [0.2, 0.25) is 5.02 Å². The van der Waals surface area contributed by atoms with Gasteiger partial charge in [-0.2, -0.15) is 0 Å². The minimum atomic E-state index is -0.122.